The lowest BCUT2D eigenvalue weighted by Crippen LogP contribution is -2.15. The quantitative estimate of drug-likeness (QED) is 0.556. The second-order valence-corrected chi connectivity index (χ2v) is 8.23. The Balaban J connectivity index is 1.45. The number of hydrogen-bond donors (Lipinski definition) is 1. The monoisotopic (exact) mass is 393 g/mol. The fourth-order valence-electron chi connectivity index (χ4n) is 4.46. The molecular weight excluding hydrogens is 366 g/mol. The van der Waals surface area contributed by atoms with Gasteiger partial charge in [0.15, 0.2) is 0 Å². The van der Waals surface area contributed by atoms with Gasteiger partial charge in [-0.15, -0.1) is 0 Å². The summed E-state index contributed by atoms with van der Waals surface area (Å²) < 4.78 is 0. The molecule has 5 rings (SSSR count). The minimum absolute atomic E-state index is 0.806. The molecule has 3 heteroatoms. The van der Waals surface area contributed by atoms with E-state index in [1.165, 1.54) is 47.9 Å². The van der Waals surface area contributed by atoms with Crippen LogP contribution in [0.5, 0.6) is 0 Å². The minimum atomic E-state index is 0.806. The molecule has 1 N–H and O–H groups in total. The highest BCUT2D eigenvalue weighted by Crippen LogP contribution is 2.30. The first-order valence-electron chi connectivity index (χ1n) is 10.8. The van der Waals surface area contributed by atoms with Crippen LogP contribution in [0.15, 0.2) is 79.1 Å². The van der Waals surface area contributed by atoms with E-state index in [-0.39, 0.29) is 0 Å². The largest absolute Gasteiger partial charge is 0.344 e. The Morgan fingerprint density at radius 2 is 1.90 bits per heavy atom. The number of nitrogens with zero attached hydrogens (tertiary/aromatic N) is 2. The predicted molar refractivity (Wildman–Crippen MR) is 127 cm³/mol. The number of anilines is 1. The SMILES string of the molecule is C=C1/C=C\N(c2ccc3[nH]nc(C)c3c2)C/C=C\C=C/1c1ccc2c(c1)CCCC2. The van der Waals surface area contributed by atoms with E-state index in [2.05, 4.69) is 88.6 Å². The van der Waals surface area contributed by atoms with Crippen molar-refractivity contribution >= 4 is 22.2 Å². The molecule has 1 aromatic heterocycles. The maximum Gasteiger partial charge on any atom is 0.0670 e. The number of aromatic amines is 1. The fourth-order valence-corrected chi connectivity index (χ4v) is 4.46. The standard InChI is InChI=1S/C27H27N3/c1-19-14-16-30(24-12-13-27-26(18-24)20(2)28-29-27)15-6-5-9-25(19)23-11-10-21-7-3-4-8-22(21)17-23/h5-6,9-14,16-18H,1,3-4,7-8,15H2,2H3,(H,28,29)/b6-5-,16-14-,25-9+. The van der Waals surface area contributed by atoms with Crippen LogP contribution in [0.1, 0.15) is 35.2 Å². The van der Waals surface area contributed by atoms with Gasteiger partial charge < -0.3 is 4.90 Å². The van der Waals surface area contributed by atoms with Crippen molar-refractivity contribution in [1.82, 2.24) is 10.2 Å². The third kappa shape index (κ3) is 3.52. The Hall–Kier alpha value is -3.33. The molecule has 0 atom stereocenters. The number of aryl methyl sites for hydroxylation is 3. The summed E-state index contributed by atoms with van der Waals surface area (Å²) in [5.41, 5.74) is 9.75. The zero-order chi connectivity index (χ0) is 20.5. The van der Waals surface area contributed by atoms with Crippen LogP contribution in [0, 0.1) is 6.92 Å². The topological polar surface area (TPSA) is 31.9 Å². The van der Waals surface area contributed by atoms with Crippen LogP contribution in [-0.2, 0) is 12.8 Å². The van der Waals surface area contributed by atoms with Crippen molar-refractivity contribution in [1.29, 1.82) is 0 Å². The fraction of sp³-hybridized carbons (Fsp3) is 0.222. The summed E-state index contributed by atoms with van der Waals surface area (Å²) >= 11 is 0. The molecule has 2 aliphatic rings. The van der Waals surface area contributed by atoms with Crippen molar-refractivity contribution < 1.29 is 0 Å². The Morgan fingerprint density at radius 1 is 1.03 bits per heavy atom. The number of benzene rings is 2. The van der Waals surface area contributed by atoms with Crippen LogP contribution in [0.25, 0.3) is 16.5 Å². The number of rotatable bonds is 2. The third-order valence-electron chi connectivity index (χ3n) is 6.23. The van der Waals surface area contributed by atoms with Crippen molar-refractivity contribution in [2.75, 3.05) is 11.4 Å². The number of fused-ring (bicyclic) bond motifs is 2. The summed E-state index contributed by atoms with van der Waals surface area (Å²) in [6.07, 6.45) is 15.8. The van der Waals surface area contributed by atoms with Gasteiger partial charge in [0, 0.05) is 23.8 Å². The summed E-state index contributed by atoms with van der Waals surface area (Å²) in [4.78, 5) is 2.25. The van der Waals surface area contributed by atoms with E-state index in [1.807, 2.05) is 6.92 Å². The minimum Gasteiger partial charge on any atom is -0.344 e. The lowest BCUT2D eigenvalue weighted by Gasteiger charge is -2.19. The number of nitrogens with one attached hydrogen (secondary N) is 1. The van der Waals surface area contributed by atoms with Crippen LogP contribution in [0.3, 0.4) is 0 Å². The van der Waals surface area contributed by atoms with Gasteiger partial charge in [-0.1, -0.05) is 43.0 Å². The first-order chi connectivity index (χ1) is 14.7. The molecular formula is C27H27N3. The maximum absolute atomic E-state index is 4.38. The predicted octanol–water partition coefficient (Wildman–Crippen LogP) is 6.28. The van der Waals surface area contributed by atoms with Gasteiger partial charge in [0.25, 0.3) is 0 Å². The van der Waals surface area contributed by atoms with E-state index >= 15 is 0 Å². The molecule has 1 aliphatic carbocycles. The molecule has 3 nitrogen and oxygen atoms in total. The van der Waals surface area contributed by atoms with Crippen LogP contribution in [0.4, 0.5) is 5.69 Å². The molecule has 0 unspecified atom stereocenters. The van der Waals surface area contributed by atoms with Crippen molar-refractivity contribution in [3.05, 3.63) is 101 Å². The van der Waals surface area contributed by atoms with Crippen LogP contribution >= 0.6 is 0 Å². The number of aromatic nitrogens is 2. The molecule has 0 saturated heterocycles. The Labute approximate surface area is 178 Å². The zero-order valence-electron chi connectivity index (χ0n) is 17.5. The molecule has 0 amide bonds. The van der Waals surface area contributed by atoms with Gasteiger partial charge in [-0.25, -0.2) is 0 Å². The average molecular weight is 394 g/mol. The Bertz CT molecular complexity index is 1210. The van der Waals surface area contributed by atoms with Crippen LogP contribution in [0.2, 0.25) is 0 Å². The van der Waals surface area contributed by atoms with E-state index < -0.39 is 0 Å². The summed E-state index contributed by atoms with van der Waals surface area (Å²) in [6, 6.07) is 13.4. The lowest BCUT2D eigenvalue weighted by molar-refractivity contribution is 0.685. The smallest absolute Gasteiger partial charge is 0.0670 e. The van der Waals surface area contributed by atoms with Gasteiger partial charge in [-0.2, -0.15) is 5.10 Å². The molecule has 2 aromatic carbocycles. The molecule has 1 aliphatic heterocycles. The molecule has 2 heterocycles. The van der Waals surface area contributed by atoms with Gasteiger partial charge in [0.05, 0.1) is 11.2 Å². The summed E-state index contributed by atoms with van der Waals surface area (Å²) in [5, 5.41) is 8.56. The summed E-state index contributed by atoms with van der Waals surface area (Å²) in [6.45, 7) is 7.22. The van der Waals surface area contributed by atoms with E-state index in [0.29, 0.717) is 0 Å². The maximum atomic E-state index is 4.38. The normalized spacial score (nSPS) is 20.6. The van der Waals surface area contributed by atoms with Gasteiger partial charge in [0.2, 0.25) is 0 Å². The highest BCUT2D eigenvalue weighted by molar-refractivity contribution is 5.86. The highest BCUT2D eigenvalue weighted by Gasteiger charge is 2.13. The van der Waals surface area contributed by atoms with E-state index in [0.717, 1.165) is 34.4 Å². The van der Waals surface area contributed by atoms with Crippen LogP contribution < -0.4 is 4.90 Å². The molecule has 0 radical (unpaired) electrons. The van der Waals surface area contributed by atoms with E-state index in [9.17, 15) is 0 Å². The van der Waals surface area contributed by atoms with Crippen molar-refractivity contribution in [3.63, 3.8) is 0 Å². The first-order valence-corrected chi connectivity index (χ1v) is 10.8. The summed E-state index contributed by atoms with van der Waals surface area (Å²) in [5.74, 6) is 0. The van der Waals surface area contributed by atoms with Crippen LogP contribution in [-0.4, -0.2) is 16.7 Å². The molecule has 0 fully saturated rings. The van der Waals surface area contributed by atoms with E-state index in [4.69, 9.17) is 0 Å². The molecule has 3 aromatic rings. The molecule has 0 bridgehead atoms. The molecule has 30 heavy (non-hydrogen) atoms. The highest BCUT2D eigenvalue weighted by atomic mass is 15.1. The van der Waals surface area contributed by atoms with Gasteiger partial charge in [-0.05, 0) is 84.7 Å². The second kappa shape index (κ2) is 7.83. The molecule has 150 valence electrons. The second-order valence-electron chi connectivity index (χ2n) is 8.23. The molecule has 0 saturated carbocycles. The van der Waals surface area contributed by atoms with Crippen molar-refractivity contribution in [2.24, 2.45) is 0 Å². The lowest BCUT2D eigenvalue weighted by atomic mass is 9.88. The van der Waals surface area contributed by atoms with Gasteiger partial charge in [0.1, 0.15) is 0 Å². The first kappa shape index (κ1) is 18.7. The van der Waals surface area contributed by atoms with E-state index in [1.54, 1.807) is 0 Å². The third-order valence-corrected chi connectivity index (χ3v) is 6.23. The van der Waals surface area contributed by atoms with Gasteiger partial charge in [-0.3, -0.25) is 5.10 Å². The Morgan fingerprint density at radius 3 is 2.80 bits per heavy atom. The zero-order valence-corrected chi connectivity index (χ0v) is 17.5. The summed E-state index contributed by atoms with van der Waals surface area (Å²) in [7, 11) is 0. The molecule has 0 spiro atoms. The van der Waals surface area contributed by atoms with Crippen molar-refractivity contribution in [2.45, 2.75) is 32.6 Å². The average Bonchev–Trinajstić information content (AvgIpc) is 3.18. The number of H-pyrrole nitrogens is 1. The Kier molecular flexibility index (Phi) is 4.88. The van der Waals surface area contributed by atoms with Gasteiger partial charge >= 0.3 is 0 Å². The van der Waals surface area contributed by atoms with Crippen molar-refractivity contribution in [3.8, 4) is 0 Å². The number of allylic oxidation sites excluding steroid dienone is 5. The number of hydrogen-bond acceptors (Lipinski definition) is 2.